The molecule has 3 rings (SSSR count). The quantitative estimate of drug-likeness (QED) is 0.788. The van der Waals surface area contributed by atoms with E-state index in [1.54, 1.807) is 0 Å². The Morgan fingerprint density at radius 3 is 2.64 bits per heavy atom. The van der Waals surface area contributed by atoms with Crippen LogP contribution in [0.3, 0.4) is 0 Å². The predicted molar refractivity (Wildman–Crippen MR) is 83.1 cm³/mol. The van der Waals surface area contributed by atoms with E-state index in [0.717, 1.165) is 31.8 Å². The Labute approximate surface area is 131 Å². The van der Waals surface area contributed by atoms with Gasteiger partial charge in [0.1, 0.15) is 0 Å². The Morgan fingerprint density at radius 1 is 1.23 bits per heavy atom. The Morgan fingerprint density at radius 2 is 2.00 bits per heavy atom. The molecule has 120 valence electrons. The van der Waals surface area contributed by atoms with Crippen molar-refractivity contribution in [1.82, 2.24) is 14.8 Å². The Hall–Kier alpha value is -1.49. The number of halogens is 1. The highest BCUT2D eigenvalue weighted by atomic mass is 19.1. The highest BCUT2D eigenvalue weighted by Gasteiger charge is 2.29. The van der Waals surface area contributed by atoms with Gasteiger partial charge in [0, 0.05) is 31.9 Å². The van der Waals surface area contributed by atoms with E-state index in [2.05, 4.69) is 16.8 Å². The molecular formula is C17H24FN3O. The zero-order chi connectivity index (χ0) is 15.5. The van der Waals surface area contributed by atoms with Crippen molar-refractivity contribution in [2.45, 2.75) is 38.6 Å². The van der Waals surface area contributed by atoms with E-state index in [1.807, 2.05) is 4.90 Å². The molecule has 2 aliphatic rings. The zero-order valence-electron chi connectivity index (χ0n) is 13.2. The molecule has 0 radical (unpaired) electrons. The van der Waals surface area contributed by atoms with Crippen LogP contribution in [0.2, 0.25) is 0 Å². The van der Waals surface area contributed by atoms with Crippen molar-refractivity contribution >= 4 is 5.91 Å². The lowest BCUT2D eigenvalue weighted by molar-refractivity contribution is 0.0541. The molecule has 0 saturated carbocycles. The van der Waals surface area contributed by atoms with E-state index < -0.39 is 5.95 Å². The Bertz CT molecular complexity index is 511. The highest BCUT2D eigenvalue weighted by Crippen LogP contribution is 2.24. The van der Waals surface area contributed by atoms with Crippen LogP contribution in [0.4, 0.5) is 4.39 Å². The minimum Gasteiger partial charge on any atom is -0.338 e. The van der Waals surface area contributed by atoms with Gasteiger partial charge in [0.05, 0.1) is 5.56 Å². The number of aromatic nitrogens is 1. The maximum Gasteiger partial charge on any atom is 0.255 e. The van der Waals surface area contributed by atoms with Crippen molar-refractivity contribution in [1.29, 1.82) is 0 Å². The van der Waals surface area contributed by atoms with Gasteiger partial charge in [0.15, 0.2) is 0 Å². The molecule has 0 spiro atoms. The molecule has 0 aromatic carbocycles. The van der Waals surface area contributed by atoms with Gasteiger partial charge in [-0.1, -0.05) is 6.92 Å². The van der Waals surface area contributed by atoms with Crippen LogP contribution in [-0.4, -0.2) is 52.9 Å². The largest absolute Gasteiger partial charge is 0.338 e. The first-order valence-electron chi connectivity index (χ1n) is 8.28. The molecule has 1 aromatic heterocycles. The lowest BCUT2D eigenvalue weighted by Crippen LogP contribution is -2.49. The van der Waals surface area contributed by atoms with Crippen LogP contribution < -0.4 is 0 Å². The first-order chi connectivity index (χ1) is 10.6. The van der Waals surface area contributed by atoms with Gasteiger partial charge in [0.2, 0.25) is 5.95 Å². The molecule has 1 atom stereocenters. The van der Waals surface area contributed by atoms with Crippen LogP contribution >= 0.6 is 0 Å². The van der Waals surface area contributed by atoms with Crippen molar-refractivity contribution in [2.75, 3.05) is 26.2 Å². The highest BCUT2D eigenvalue weighted by molar-refractivity contribution is 5.93. The molecule has 2 saturated heterocycles. The van der Waals surface area contributed by atoms with Crippen molar-refractivity contribution in [2.24, 2.45) is 5.92 Å². The summed E-state index contributed by atoms with van der Waals surface area (Å²) in [6, 6.07) is 3.37. The van der Waals surface area contributed by atoms with Crippen molar-refractivity contribution in [3.8, 4) is 0 Å². The minimum absolute atomic E-state index is 0.0297. The second kappa shape index (κ2) is 6.73. The van der Waals surface area contributed by atoms with Gasteiger partial charge in [-0.15, -0.1) is 0 Å². The third-order valence-corrected chi connectivity index (χ3v) is 4.93. The van der Waals surface area contributed by atoms with Crippen LogP contribution in [0.5, 0.6) is 0 Å². The van der Waals surface area contributed by atoms with Crippen LogP contribution in [0.1, 0.15) is 43.0 Å². The van der Waals surface area contributed by atoms with Crippen LogP contribution in [0.15, 0.2) is 18.3 Å². The first-order valence-corrected chi connectivity index (χ1v) is 8.28. The van der Waals surface area contributed by atoms with Crippen LogP contribution in [0, 0.1) is 11.9 Å². The molecule has 3 heterocycles. The van der Waals surface area contributed by atoms with Gasteiger partial charge in [0.25, 0.3) is 5.91 Å². The molecule has 1 amide bonds. The van der Waals surface area contributed by atoms with E-state index in [0.29, 0.717) is 11.6 Å². The maximum atomic E-state index is 12.8. The summed E-state index contributed by atoms with van der Waals surface area (Å²) < 4.78 is 12.8. The fourth-order valence-electron chi connectivity index (χ4n) is 3.68. The second-order valence-corrected chi connectivity index (χ2v) is 6.64. The summed E-state index contributed by atoms with van der Waals surface area (Å²) >= 11 is 0. The molecule has 0 aliphatic carbocycles. The molecule has 2 aliphatic heterocycles. The summed E-state index contributed by atoms with van der Waals surface area (Å²) in [5, 5.41) is 0. The van der Waals surface area contributed by atoms with E-state index in [1.165, 1.54) is 44.3 Å². The minimum atomic E-state index is -0.547. The van der Waals surface area contributed by atoms with E-state index in [9.17, 15) is 9.18 Å². The van der Waals surface area contributed by atoms with Gasteiger partial charge in [-0.2, -0.15) is 4.39 Å². The fraction of sp³-hybridized carbons (Fsp3) is 0.647. The summed E-state index contributed by atoms with van der Waals surface area (Å²) in [5.41, 5.74) is 0.478. The zero-order valence-corrected chi connectivity index (χ0v) is 13.2. The number of rotatable bonds is 2. The van der Waals surface area contributed by atoms with Gasteiger partial charge < -0.3 is 4.90 Å². The van der Waals surface area contributed by atoms with Gasteiger partial charge in [-0.05, 0) is 50.3 Å². The number of pyridine rings is 1. The number of likely N-dealkylation sites (tertiary alicyclic amines) is 2. The number of hydrogen-bond acceptors (Lipinski definition) is 3. The first kappa shape index (κ1) is 15.4. The fourth-order valence-corrected chi connectivity index (χ4v) is 3.68. The van der Waals surface area contributed by atoms with E-state index in [-0.39, 0.29) is 5.91 Å². The van der Waals surface area contributed by atoms with Gasteiger partial charge in [-0.25, -0.2) is 4.98 Å². The molecule has 1 aromatic rings. The lowest BCUT2D eigenvalue weighted by Gasteiger charge is -2.41. The average Bonchev–Trinajstić information content (AvgIpc) is 2.55. The standard InChI is InChI=1S/C17H24FN3O/c1-13-3-2-8-21(12-13)15-6-9-20(10-7-15)17(22)14-4-5-16(18)19-11-14/h4-5,11,13,15H,2-3,6-10,12H2,1H3. The summed E-state index contributed by atoms with van der Waals surface area (Å²) in [4.78, 5) is 20.4. The molecule has 0 N–H and O–H groups in total. The average molecular weight is 305 g/mol. The molecule has 5 heteroatoms. The normalized spacial score (nSPS) is 24.5. The molecular weight excluding hydrogens is 281 g/mol. The molecule has 22 heavy (non-hydrogen) atoms. The second-order valence-electron chi connectivity index (χ2n) is 6.64. The van der Waals surface area contributed by atoms with Crippen molar-refractivity contribution in [3.63, 3.8) is 0 Å². The molecule has 2 fully saturated rings. The van der Waals surface area contributed by atoms with E-state index >= 15 is 0 Å². The summed E-state index contributed by atoms with van der Waals surface area (Å²) in [7, 11) is 0. The van der Waals surface area contributed by atoms with Crippen LogP contribution in [-0.2, 0) is 0 Å². The number of carbonyl (C=O) groups excluding carboxylic acids is 1. The Kier molecular flexibility index (Phi) is 4.71. The van der Waals surface area contributed by atoms with Crippen molar-refractivity contribution < 1.29 is 9.18 Å². The summed E-state index contributed by atoms with van der Waals surface area (Å²) in [6.45, 7) is 6.29. The van der Waals surface area contributed by atoms with Crippen molar-refractivity contribution in [3.05, 3.63) is 29.8 Å². The SMILES string of the molecule is CC1CCCN(C2CCN(C(=O)c3ccc(F)nc3)CC2)C1. The third-order valence-electron chi connectivity index (χ3n) is 4.93. The molecule has 1 unspecified atom stereocenters. The van der Waals surface area contributed by atoms with Gasteiger partial charge in [-0.3, -0.25) is 9.69 Å². The number of carbonyl (C=O) groups is 1. The smallest absolute Gasteiger partial charge is 0.255 e. The summed E-state index contributed by atoms with van der Waals surface area (Å²) in [5.74, 6) is 0.214. The molecule has 4 nitrogen and oxygen atoms in total. The monoisotopic (exact) mass is 305 g/mol. The topological polar surface area (TPSA) is 36.4 Å². The van der Waals surface area contributed by atoms with Gasteiger partial charge >= 0.3 is 0 Å². The Balaban J connectivity index is 1.55. The lowest BCUT2D eigenvalue weighted by atomic mass is 9.95. The third kappa shape index (κ3) is 3.46. The summed E-state index contributed by atoms with van der Waals surface area (Å²) in [6.07, 6.45) is 6.03. The molecule has 0 bridgehead atoms. The number of amides is 1. The predicted octanol–water partition coefficient (Wildman–Crippen LogP) is 2.56. The number of hydrogen-bond donors (Lipinski definition) is 0. The van der Waals surface area contributed by atoms with Crippen LogP contribution in [0.25, 0.3) is 0 Å². The van der Waals surface area contributed by atoms with E-state index in [4.69, 9.17) is 0 Å². The number of nitrogens with zero attached hydrogens (tertiary/aromatic N) is 3. The maximum absolute atomic E-state index is 12.8. The number of piperidine rings is 2.